The maximum Gasteiger partial charge on any atom is 0.338 e. The number of carbonyl (C=O) groups is 2. The molecule has 0 saturated carbocycles. The lowest BCUT2D eigenvalue weighted by Gasteiger charge is -2.33. The smallest absolute Gasteiger partial charge is 0.338 e. The average molecular weight is 382 g/mol. The van der Waals surface area contributed by atoms with Gasteiger partial charge in [0, 0.05) is 0 Å². The Kier molecular flexibility index (Phi) is 5.84. The second kappa shape index (κ2) is 8.15. The van der Waals surface area contributed by atoms with Gasteiger partial charge in [-0.15, -0.1) is 0 Å². The molecule has 2 aromatic rings. The van der Waals surface area contributed by atoms with E-state index >= 15 is 0 Å². The average Bonchev–Trinajstić information content (AvgIpc) is 3.05. The predicted molar refractivity (Wildman–Crippen MR) is 105 cm³/mol. The molecule has 148 valence electrons. The van der Waals surface area contributed by atoms with E-state index in [4.69, 9.17) is 14.2 Å². The first-order valence-corrected chi connectivity index (χ1v) is 9.49. The van der Waals surface area contributed by atoms with Gasteiger partial charge in [0.15, 0.2) is 0 Å². The molecule has 0 radical (unpaired) electrons. The van der Waals surface area contributed by atoms with Crippen LogP contribution in [0, 0.1) is 0 Å². The molecule has 0 amide bonds. The number of carbonyl (C=O) groups excluding carboxylic acids is 2. The summed E-state index contributed by atoms with van der Waals surface area (Å²) in [6.07, 6.45) is 1.23. The molecule has 1 aliphatic heterocycles. The number of ether oxygens (including phenoxy) is 3. The van der Waals surface area contributed by atoms with Crippen molar-refractivity contribution in [3.8, 4) is 5.75 Å². The summed E-state index contributed by atoms with van der Waals surface area (Å²) in [4.78, 5) is 24.7. The SMILES string of the molecule is CC(C)(OC(=O)c1ccccc1)[C@@H]1CC[C@](C)(CC(=O)Oc2ccccc2)O1. The third-order valence-corrected chi connectivity index (χ3v) is 5.00. The molecule has 0 bridgehead atoms. The van der Waals surface area contributed by atoms with Gasteiger partial charge in [0.1, 0.15) is 11.4 Å². The normalized spacial score (nSPS) is 21.9. The Hall–Kier alpha value is -2.66. The number of para-hydroxylation sites is 1. The van der Waals surface area contributed by atoms with Gasteiger partial charge < -0.3 is 14.2 Å². The zero-order valence-corrected chi connectivity index (χ0v) is 16.5. The van der Waals surface area contributed by atoms with Crippen LogP contribution >= 0.6 is 0 Å². The Morgan fingerprint density at radius 2 is 1.68 bits per heavy atom. The van der Waals surface area contributed by atoms with E-state index in [2.05, 4.69) is 0 Å². The van der Waals surface area contributed by atoms with Crippen LogP contribution in [0.5, 0.6) is 5.75 Å². The summed E-state index contributed by atoms with van der Waals surface area (Å²) in [7, 11) is 0. The molecule has 0 aromatic heterocycles. The Morgan fingerprint density at radius 1 is 1.07 bits per heavy atom. The minimum absolute atomic E-state index is 0.140. The molecule has 1 heterocycles. The van der Waals surface area contributed by atoms with Crippen LogP contribution in [0.25, 0.3) is 0 Å². The first-order chi connectivity index (χ1) is 13.3. The highest BCUT2D eigenvalue weighted by Gasteiger charge is 2.46. The Morgan fingerprint density at radius 3 is 2.32 bits per heavy atom. The van der Waals surface area contributed by atoms with Crippen LogP contribution in [0.4, 0.5) is 0 Å². The second-order valence-electron chi connectivity index (χ2n) is 7.92. The van der Waals surface area contributed by atoms with Gasteiger partial charge in [0.05, 0.1) is 23.7 Å². The molecule has 0 aliphatic carbocycles. The van der Waals surface area contributed by atoms with Crippen molar-refractivity contribution in [3.05, 3.63) is 66.2 Å². The van der Waals surface area contributed by atoms with Gasteiger partial charge in [-0.1, -0.05) is 36.4 Å². The third-order valence-electron chi connectivity index (χ3n) is 5.00. The standard InChI is InChI=1S/C23H26O5/c1-22(2,28-21(25)17-10-6-4-7-11-17)19-14-15-23(3,27-19)16-20(24)26-18-12-8-5-9-13-18/h4-13,19H,14-16H2,1-3H3/t19-,23+/m0/s1. The highest BCUT2D eigenvalue weighted by Crippen LogP contribution is 2.39. The Bertz CT molecular complexity index is 815. The lowest BCUT2D eigenvalue weighted by Crippen LogP contribution is -2.43. The van der Waals surface area contributed by atoms with E-state index in [1.807, 2.05) is 45.0 Å². The van der Waals surface area contributed by atoms with Gasteiger partial charge in [-0.05, 0) is 57.9 Å². The number of benzene rings is 2. The number of hydrogen-bond acceptors (Lipinski definition) is 5. The van der Waals surface area contributed by atoms with Gasteiger partial charge in [0.2, 0.25) is 0 Å². The third kappa shape index (κ3) is 4.98. The molecule has 5 heteroatoms. The van der Waals surface area contributed by atoms with Crippen molar-refractivity contribution in [2.24, 2.45) is 0 Å². The first-order valence-electron chi connectivity index (χ1n) is 9.49. The Balaban J connectivity index is 1.58. The summed E-state index contributed by atoms with van der Waals surface area (Å²) in [5, 5.41) is 0. The van der Waals surface area contributed by atoms with Crippen molar-refractivity contribution in [2.45, 2.75) is 57.3 Å². The van der Waals surface area contributed by atoms with Crippen molar-refractivity contribution in [2.75, 3.05) is 0 Å². The summed E-state index contributed by atoms with van der Waals surface area (Å²) in [5.41, 5.74) is -0.955. The quantitative estimate of drug-likeness (QED) is 0.542. The van der Waals surface area contributed by atoms with Crippen molar-refractivity contribution in [1.29, 1.82) is 0 Å². The highest BCUT2D eigenvalue weighted by molar-refractivity contribution is 5.89. The molecule has 0 unspecified atom stereocenters. The monoisotopic (exact) mass is 382 g/mol. The maximum absolute atomic E-state index is 12.4. The summed E-state index contributed by atoms with van der Waals surface area (Å²) in [6, 6.07) is 17.9. The van der Waals surface area contributed by atoms with E-state index in [1.165, 1.54) is 0 Å². The van der Waals surface area contributed by atoms with E-state index in [0.29, 0.717) is 24.2 Å². The summed E-state index contributed by atoms with van der Waals surface area (Å²) in [6.45, 7) is 5.58. The number of rotatable bonds is 6. The van der Waals surface area contributed by atoms with E-state index in [-0.39, 0.29) is 24.5 Å². The second-order valence-corrected chi connectivity index (χ2v) is 7.92. The van der Waals surface area contributed by atoms with E-state index in [1.54, 1.807) is 36.4 Å². The minimum Gasteiger partial charge on any atom is -0.453 e. The summed E-state index contributed by atoms with van der Waals surface area (Å²) in [5.74, 6) is -0.206. The van der Waals surface area contributed by atoms with Crippen LogP contribution < -0.4 is 4.74 Å². The zero-order chi connectivity index (χ0) is 20.2. The molecule has 2 atom stereocenters. The lowest BCUT2D eigenvalue weighted by molar-refractivity contribution is -0.149. The molecule has 0 spiro atoms. The topological polar surface area (TPSA) is 61.8 Å². The zero-order valence-electron chi connectivity index (χ0n) is 16.5. The highest BCUT2D eigenvalue weighted by atomic mass is 16.6. The first kappa shape index (κ1) is 20.1. The van der Waals surface area contributed by atoms with Crippen molar-refractivity contribution in [1.82, 2.24) is 0 Å². The van der Waals surface area contributed by atoms with Crippen molar-refractivity contribution in [3.63, 3.8) is 0 Å². The fourth-order valence-corrected chi connectivity index (χ4v) is 3.42. The van der Waals surface area contributed by atoms with Gasteiger partial charge in [-0.25, -0.2) is 4.79 Å². The molecule has 1 saturated heterocycles. The van der Waals surface area contributed by atoms with E-state index < -0.39 is 11.2 Å². The van der Waals surface area contributed by atoms with Crippen LogP contribution in [0.15, 0.2) is 60.7 Å². The van der Waals surface area contributed by atoms with Crippen LogP contribution in [0.2, 0.25) is 0 Å². The van der Waals surface area contributed by atoms with Gasteiger partial charge in [-0.3, -0.25) is 4.79 Å². The van der Waals surface area contributed by atoms with Crippen molar-refractivity contribution < 1.29 is 23.8 Å². The van der Waals surface area contributed by atoms with Gasteiger partial charge in [-0.2, -0.15) is 0 Å². The minimum atomic E-state index is -0.811. The maximum atomic E-state index is 12.4. The van der Waals surface area contributed by atoms with Gasteiger partial charge >= 0.3 is 11.9 Å². The van der Waals surface area contributed by atoms with Crippen LogP contribution in [-0.4, -0.2) is 29.2 Å². The molecular weight excluding hydrogens is 356 g/mol. The molecule has 1 fully saturated rings. The molecule has 1 aliphatic rings. The van der Waals surface area contributed by atoms with Gasteiger partial charge in [0.25, 0.3) is 0 Å². The molecule has 28 heavy (non-hydrogen) atoms. The largest absolute Gasteiger partial charge is 0.453 e. The van der Waals surface area contributed by atoms with E-state index in [0.717, 1.165) is 0 Å². The molecular formula is C23H26O5. The Labute approximate surface area is 165 Å². The molecule has 0 N–H and O–H groups in total. The lowest BCUT2D eigenvalue weighted by atomic mass is 9.95. The van der Waals surface area contributed by atoms with Crippen molar-refractivity contribution >= 4 is 11.9 Å². The summed E-state index contributed by atoms with van der Waals surface area (Å²) >= 11 is 0. The van der Waals surface area contributed by atoms with E-state index in [9.17, 15) is 9.59 Å². The number of hydrogen-bond donors (Lipinski definition) is 0. The summed E-state index contributed by atoms with van der Waals surface area (Å²) < 4.78 is 17.3. The number of esters is 2. The van der Waals surface area contributed by atoms with Crippen LogP contribution in [0.1, 0.15) is 50.4 Å². The van der Waals surface area contributed by atoms with Crippen LogP contribution in [0.3, 0.4) is 0 Å². The molecule has 2 aromatic carbocycles. The molecule has 5 nitrogen and oxygen atoms in total. The molecule has 3 rings (SSSR count). The van der Waals surface area contributed by atoms with Crippen LogP contribution in [-0.2, 0) is 14.3 Å². The fraction of sp³-hybridized carbons (Fsp3) is 0.391. The predicted octanol–water partition coefficient (Wildman–Crippen LogP) is 4.56. The fourth-order valence-electron chi connectivity index (χ4n) is 3.42.